The van der Waals surface area contributed by atoms with Crippen molar-refractivity contribution in [3.63, 3.8) is 0 Å². The zero-order valence-corrected chi connectivity index (χ0v) is 74.4. The first kappa shape index (κ1) is 77.2. The molecular formula is N8OPdS56. The molecule has 0 bridgehead atoms. The minimum Gasteiger partial charge on any atom is 0 e. The molecule has 0 aromatic carbocycles. The van der Waals surface area contributed by atoms with E-state index in [9.17, 15) is 3.47 Å². The van der Waals surface area contributed by atoms with Gasteiger partial charge in [0.25, 0.3) is 0 Å². The molecule has 0 saturated carbocycles. The summed E-state index contributed by atoms with van der Waals surface area (Å²) in [5.74, 6) is 0. The van der Waals surface area contributed by atoms with Gasteiger partial charge < -0.3 is 0 Å². The van der Waals surface area contributed by atoms with Crippen LogP contribution in [0.4, 0.5) is 0 Å². The fourth-order valence-electron chi connectivity index (χ4n) is 0.743. The predicted octanol–water partition coefficient (Wildman–Crippen LogP) is 1.21. The van der Waals surface area contributed by atoms with Gasteiger partial charge in [-0.25, -0.2) is 0 Å². The van der Waals surface area contributed by atoms with Crippen molar-refractivity contribution >= 4 is 501 Å². The quantitative estimate of drug-likeness (QED) is 0.240. The second kappa shape index (κ2) is 76.2. The summed E-state index contributed by atoms with van der Waals surface area (Å²) < 4.78 is 16.8. The van der Waals surface area contributed by atoms with E-state index in [1.54, 1.807) is 195 Å². The van der Waals surface area contributed by atoms with Gasteiger partial charge in [0.1, 0.15) is 0 Å². The average Bonchev–Trinajstić information content (AvgIpc) is 3.33. The van der Waals surface area contributed by atoms with Crippen molar-refractivity contribution in [1.29, 1.82) is 0 Å². The van der Waals surface area contributed by atoms with Gasteiger partial charge in [-0.15, -0.1) is 0 Å². The molecule has 392 valence electrons. The van der Waals surface area contributed by atoms with Gasteiger partial charge in [0.05, 0.1) is 0 Å². The molecule has 0 amide bonds. The molecule has 66 heavy (non-hydrogen) atoms. The van der Waals surface area contributed by atoms with E-state index in [1.807, 2.05) is 266 Å². The van der Waals surface area contributed by atoms with Gasteiger partial charge >= 0.3 is 97.5 Å². The molecule has 0 rings (SSSR count). The molecule has 0 aliphatic carbocycles. The van der Waals surface area contributed by atoms with Crippen LogP contribution in [0.15, 0.2) is 39.5 Å². The molecule has 0 heterocycles. The molecule has 0 fully saturated rings. The number of nitrogens with zero attached hydrogens (tertiary/aromatic N) is 8. The van der Waals surface area contributed by atoms with Crippen LogP contribution in [0.3, 0.4) is 0 Å². The molecular weight excluding hydrogens is 2030 g/mol. The maximum absolute atomic E-state index is 10.0. The van der Waals surface area contributed by atoms with Crippen molar-refractivity contribution in [2.75, 3.05) is 0 Å². The van der Waals surface area contributed by atoms with Gasteiger partial charge in [-0.3, -0.25) is 0 Å². The summed E-state index contributed by atoms with van der Waals surface area (Å²) >= 11 is 3.73. The van der Waals surface area contributed by atoms with Crippen molar-refractivity contribution < 1.29 is 21.2 Å². The molecule has 0 N–H and O–H groups in total. The SMILES string of the molecule is [O]=[Pd]=[N]/N=N/N=N/N=N/N=S=S=S=S=S=S=S=S=S=S=S=S=S=S=S=S=S=S=S=S=S=S=S=S=S=S=S=S=S=S=S=S=S=S=S=S=S=S=S=S=S=S=S=S=S=S=S=S=S=S=S=S=S=S=S=S. The minimum atomic E-state index is -1.09. The fraction of sp³-hybridized carbons (Fsp3) is 0. The summed E-state index contributed by atoms with van der Waals surface area (Å²) in [4.78, 5) is 0. The molecule has 0 spiro atoms. The number of hydrogen-bond donors (Lipinski definition) is 0. The van der Waals surface area contributed by atoms with Crippen LogP contribution in [0.5, 0.6) is 0 Å². The van der Waals surface area contributed by atoms with Crippen molar-refractivity contribution in [2.45, 2.75) is 0 Å². The Morgan fingerprint density at radius 1 is 0.212 bits per heavy atom. The summed E-state index contributed by atoms with van der Waals surface area (Å²) in [6.45, 7) is 0. The van der Waals surface area contributed by atoms with Gasteiger partial charge in [0.2, 0.25) is 0 Å². The Morgan fingerprint density at radius 2 is 0.379 bits per heavy atom. The van der Waals surface area contributed by atoms with Crippen LogP contribution in [0.25, 0.3) is 0 Å². The van der Waals surface area contributed by atoms with Gasteiger partial charge in [0.15, 0.2) is 0 Å². The number of rotatable bonds is 4. The molecule has 0 aliphatic heterocycles. The van der Waals surface area contributed by atoms with Crippen molar-refractivity contribution in [2.24, 2.45) is 39.5 Å². The molecule has 9 nitrogen and oxygen atoms in total. The Bertz CT molecular complexity index is 4540. The average molecular weight is 2030 g/mol. The van der Waals surface area contributed by atoms with Gasteiger partial charge in [0, 0.05) is 464 Å². The van der Waals surface area contributed by atoms with Crippen LogP contribution >= 0.6 is 0 Å². The Hall–Kier alpha value is 11.2. The van der Waals surface area contributed by atoms with Crippen LogP contribution in [-0.2, 0) is 522 Å². The van der Waals surface area contributed by atoms with E-state index in [-0.39, 0.29) is 0 Å². The van der Waals surface area contributed by atoms with E-state index in [2.05, 4.69) is 39.5 Å². The molecule has 0 aromatic rings. The van der Waals surface area contributed by atoms with Gasteiger partial charge in [-0.05, 0) is 0 Å². The molecule has 0 aromatic heterocycles. The normalized spacial score (nSPS) is 8.67. The molecule has 66 heteroatoms. The summed E-state index contributed by atoms with van der Waals surface area (Å²) in [5, 5.41) is 19.2. The first-order valence-electron chi connectivity index (χ1n) is 11.0. The molecule has 0 atom stereocenters. The third kappa shape index (κ3) is 75.2. The van der Waals surface area contributed by atoms with Crippen molar-refractivity contribution in [1.82, 2.24) is 0 Å². The minimum absolute atomic E-state index is 1.09. The standard InChI is InChI=1S/N8S56.O.Pd/c1-2-3-4-5-6-7-8-10-12-14-16-18-20-22-24-26-28-30-32-34-36-38-40-42-44-46-48-50-52-54-56-58-60-62-64-63-61-59-57-55-53-51-49-47-45-43-41-39-37-35-33-31-29-27-25-23-21-19-17-15-13-11-9;;/b3-2+,5-4+,7-6+;;. The van der Waals surface area contributed by atoms with Crippen LogP contribution in [-0.4, -0.2) is 0 Å². The Morgan fingerprint density at radius 3 is 0.576 bits per heavy atom. The second-order valence-corrected chi connectivity index (χ2v) is 101. The monoisotopic (exact) mass is 2020 g/mol. The summed E-state index contributed by atoms with van der Waals surface area (Å²) in [6, 6.07) is 0. The van der Waals surface area contributed by atoms with Crippen molar-refractivity contribution in [3.8, 4) is 0 Å². The van der Waals surface area contributed by atoms with Crippen molar-refractivity contribution in [3.05, 3.63) is 0 Å². The summed E-state index contributed by atoms with van der Waals surface area (Å²) in [7, 11) is 97.0. The Balaban J connectivity index is 5.98. The third-order valence-electron chi connectivity index (χ3n) is 1.83. The third-order valence-corrected chi connectivity index (χ3v) is 121. The van der Waals surface area contributed by atoms with Gasteiger partial charge in [-0.1, -0.05) is 0 Å². The topological polar surface area (TPSA) is 116 Å². The number of hydrogen-bond acceptors (Lipinski definition) is 3. The molecule has 0 radical (unpaired) electrons. The first-order valence-corrected chi connectivity index (χ1v) is 86.0. The van der Waals surface area contributed by atoms with Gasteiger partial charge in [-0.2, -0.15) is 0 Å². The van der Waals surface area contributed by atoms with E-state index < -0.39 is 17.8 Å². The molecule has 0 saturated heterocycles. The van der Waals surface area contributed by atoms with Crippen LogP contribution in [0.2, 0.25) is 0 Å². The molecule has 0 unspecified atom stereocenters. The van der Waals surface area contributed by atoms with E-state index in [1.165, 1.54) is 27.9 Å². The molecule has 0 aliphatic rings. The van der Waals surface area contributed by atoms with Crippen LogP contribution < -0.4 is 0 Å². The first-order chi connectivity index (χ1) is 32.9. The van der Waals surface area contributed by atoms with E-state index in [0.717, 1.165) is 0 Å². The van der Waals surface area contributed by atoms with Crippen LogP contribution in [0.1, 0.15) is 0 Å². The van der Waals surface area contributed by atoms with Crippen LogP contribution in [0, 0.1) is 0 Å². The van der Waals surface area contributed by atoms with E-state index in [0.29, 0.717) is 0 Å². The fourth-order valence-corrected chi connectivity index (χ4v) is 145. The second-order valence-electron chi connectivity index (χ2n) is 4.49. The maximum atomic E-state index is 10.0. The predicted molar refractivity (Wildman–Crippen MR) is 433 cm³/mol. The smallest absolute Gasteiger partial charge is 0 e. The van der Waals surface area contributed by atoms with E-state index >= 15 is 0 Å². The zero-order valence-electron chi connectivity index (χ0n) is 27.2. The van der Waals surface area contributed by atoms with E-state index in [4.69, 9.17) is 11.2 Å². The summed E-state index contributed by atoms with van der Waals surface area (Å²) in [6.07, 6.45) is 0. The summed E-state index contributed by atoms with van der Waals surface area (Å²) in [5.41, 5.74) is 0. The Kier molecular flexibility index (Phi) is 89.1. The zero-order chi connectivity index (χ0) is 47.3. The Labute approximate surface area is 545 Å².